The molecule has 0 N–H and O–H groups in total. The molecule has 3 aliphatic rings. The van der Waals surface area contributed by atoms with Crippen molar-refractivity contribution in [1.29, 1.82) is 0 Å². The number of hydrogen-bond acceptors (Lipinski definition) is 6. The Morgan fingerprint density at radius 1 is 1.21 bits per heavy atom. The molecule has 1 saturated heterocycles. The normalized spacial score (nSPS) is 23.8. The Hall–Kier alpha value is -2.66. The van der Waals surface area contributed by atoms with Crippen molar-refractivity contribution in [1.82, 2.24) is 14.4 Å². The number of hydrogen-bond donors (Lipinski definition) is 0. The molecule has 4 rings (SSSR count). The number of imide groups is 1. The number of urea groups is 1. The number of aryl methyl sites for hydroxylation is 2. The number of rotatable bonds is 3. The molecule has 2 aliphatic heterocycles. The molecule has 1 atom stereocenters. The highest BCUT2D eigenvalue weighted by molar-refractivity contribution is 7.89. The van der Waals surface area contributed by atoms with Gasteiger partial charge < -0.3 is 4.52 Å². The number of allylic oxidation sites excluding steroid dienone is 3. The third-order valence-electron chi connectivity index (χ3n) is 5.27. The van der Waals surface area contributed by atoms with E-state index in [4.69, 9.17) is 4.52 Å². The maximum atomic E-state index is 13.6. The second kappa shape index (κ2) is 6.99. The molecule has 1 unspecified atom stereocenters. The number of carbonyl (C=O) groups excluding carboxylic acids is 2. The van der Waals surface area contributed by atoms with Crippen LogP contribution in [0.25, 0.3) is 0 Å². The summed E-state index contributed by atoms with van der Waals surface area (Å²) >= 11 is 0. The van der Waals surface area contributed by atoms with E-state index in [9.17, 15) is 22.4 Å². The average molecular weight is 422 g/mol. The average Bonchev–Trinajstić information content (AvgIpc) is 3.02. The molecule has 0 aromatic carbocycles. The molecule has 0 spiro atoms. The number of nitrogens with zero attached hydrogens (tertiary/aromatic N) is 4. The first-order chi connectivity index (χ1) is 13.7. The molecule has 3 heterocycles. The lowest BCUT2D eigenvalue weighted by Crippen LogP contribution is -2.53. The van der Waals surface area contributed by atoms with Crippen molar-refractivity contribution in [2.75, 3.05) is 13.1 Å². The smallest absolute Gasteiger partial charge is 0.351 e. The second-order valence-electron chi connectivity index (χ2n) is 7.13. The monoisotopic (exact) mass is 422 g/mol. The van der Waals surface area contributed by atoms with Gasteiger partial charge in [-0.2, -0.15) is 9.30 Å². The minimum absolute atomic E-state index is 0.0449. The van der Waals surface area contributed by atoms with E-state index in [1.54, 1.807) is 6.92 Å². The molecule has 1 fully saturated rings. The van der Waals surface area contributed by atoms with Crippen molar-refractivity contribution < 1.29 is 26.9 Å². The lowest BCUT2D eigenvalue weighted by Gasteiger charge is -2.37. The lowest BCUT2D eigenvalue weighted by atomic mass is 9.97. The van der Waals surface area contributed by atoms with Crippen LogP contribution in [0.4, 0.5) is 9.18 Å². The summed E-state index contributed by atoms with van der Waals surface area (Å²) in [6.45, 7) is 3.33. The quantitative estimate of drug-likeness (QED) is 0.732. The van der Waals surface area contributed by atoms with Gasteiger partial charge in [0.25, 0.3) is 5.91 Å². The summed E-state index contributed by atoms with van der Waals surface area (Å²) in [4.78, 5) is 30.1. The Morgan fingerprint density at radius 3 is 2.52 bits per heavy atom. The second-order valence-corrected chi connectivity index (χ2v) is 9.00. The van der Waals surface area contributed by atoms with Crippen LogP contribution in [0.2, 0.25) is 0 Å². The van der Waals surface area contributed by atoms with Gasteiger partial charge in [0, 0.05) is 19.1 Å². The van der Waals surface area contributed by atoms with E-state index in [0.717, 1.165) is 11.0 Å². The SMILES string of the molecule is Cc1noc(C)c1S(=O)(=O)N1CCC(N2C(=O)N=C3C=CC(F)C=C3C2=O)CC1. The number of piperidine rings is 1. The number of alkyl halides is 1. The Balaban J connectivity index is 1.52. The van der Waals surface area contributed by atoms with Gasteiger partial charge >= 0.3 is 6.03 Å². The number of aromatic nitrogens is 1. The summed E-state index contributed by atoms with van der Waals surface area (Å²) in [5, 5.41) is 3.69. The highest BCUT2D eigenvalue weighted by Crippen LogP contribution is 2.29. The number of sulfonamides is 1. The molecule has 0 bridgehead atoms. The van der Waals surface area contributed by atoms with Crippen LogP contribution in [0.3, 0.4) is 0 Å². The predicted molar refractivity (Wildman–Crippen MR) is 99.6 cm³/mol. The van der Waals surface area contributed by atoms with Crippen LogP contribution in [0.1, 0.15) is 24.3 Å². The Bertz CT molecular complexity index is 1060. The molecule has 1 aliphatic carbocycles. The van der Waals surface area contributed by atoms with Crippen molar-refractivity contribution in [2.45, 2.75) is 43.8 Å². The maximum absolute atomic E-state index is 13.6. The van der Waals surface area contributed by atoms with Crippen LogP contribution >= 0.6 is 0 Å². The molecule has 0 saturated carbocycles. The largest absolute Gasteiger partial charge is 0.360 e. The van der Waals surface area contributed by atoms with E-state index in [0.29, 0.717) is 0 Å². The van der Waals surface area contributed by atoms with Crippen molar-refractivity contribution >= 4 is 27.7 Å². The maximum Gasteiger partial charge on any atom is 0.351 e. The van der Waals surface area contributed by atoms with Gasteiger partial charge in [-0.15, -0.1) is 0 Å². The Labute approximate surface area is 166 Å². The summed E-state index contributed by atoms with van der Waals surface area (Å²) in [7, 11) is -3.80. The van der Waals surface area contributed by atoms with Crippen LogP contribution in [0.5, 0.6) is 0 Å². The number of aliphatic imine (C=N–C) groups is 1. The highest BCUT2D eigenvalue weighted by atomic mass is 32.2. The molecule has 3 amide bonds. The van der Waals surface area contributed by atoms with Crippen molar-refractivity contribution in [3.63, 3.8) is 0 Å². The third-order valence-corrected chi connectivity index (χ3v) is 7.41. The van der Waals surface area contributed by atoms with Gasteiger partial charge in [0.05, 0.1) is 11.3 Å². The highest BCUT2D eigenvalue weighted by Gasteiger charge is 2.41. The molecule has 29 heavy (non-hydrogen) atoms. The Morgan fingerprint density at radius 2 is 1.90 bits per heavy atom. The number of fused-ring (bicyclic) bond motifs is 1. The number of carbonyl (C=O) groups is 2. The molecule has 9 nitrogen and oxygen atoms in total. The van der Waals surface area contributed by atoms with Crippen LogP contribution in [-0.2, 0) is 14.8 Å². The zero-order chi connectivity index (χ0) is 20.9. The van der Waals surface area contributed by atoms with Gasteiger partial charge in [0.1, 0.15) is 16.8 Å². The fourth-order valence-corrected chi connectivity index (χ4v) is 5.62. The van der Waals surface area contributed by atoms with Gasteiger partial charge in [-0.05, 0) is 44.9 Å². The van der Waals surface area contributed by atoms with E-state index in [2.05, 4.69) is 10.1 Å². The molecular formula is C18H19FN4O5S. The summed E-state index contributed by atoms with van der Waals surface area (Å²) in [5.41, 5.74) is 0.500. The van der Waals surface area contributed by atoms with E-state index in [-0.39, 0.29) is 53.6 Å². The van der Waals surface area contributed by atoms with Crippen LogP contribution in [-0.4, -0.2) is 65.7 Å². The minimum Gasteiger partial charge on any atom is -0.360 e. The predicted octanol–water partition coefficient (Wildman–Crippen LogP) is 1.68. The van der Waals surface area contributed by atoms with Gasteiger partial charge in [-0.3, -0.25) is 9.69 Å². The van der Waals surface area contributed by atoms with Gasteiger partial charge in [-0.1, -0.05) is 5.16 Å². The van der Waals surface area contributed by atoms with Crippen LogP contribution < -0.4 is 0 Å². The fraction of sp³-hybridized carbons (Fsp3) is 0.444. The number of halogens is 1. The lowest BCUT2D eigenvalue weighted by molar-refractivity contribution is -0.126. The third kappa shape index (κ3) is 3.23. The molecule has 1 aromatic rings. The fourth-order valence-electron chi connectivity index (χ4n) is 3.86. The van der Waals surface area contributed by atoms with Gasteiger partial charge in [-0.25, -0.2) is 17.6 Å². The molecular weight excluding hydrogens is 403 g/mol. The first-order valence-corrected chi connectivity index (χ1v) is 10.6. The molecule has 0 radical (unpaired) electrons. The van der Waals surface area contributed by atoms with E-state index >= 15 is 0 Å². The first kappa shape index (κ1) is 19.6. The van der Waals surface area contributed by atoms with Crippen molar-refractivity contribution in [2.24, 2.45) is 4.99 Å². The van der Waals surface area contributed by atoms with E-state index in [1.165, 1.54) is 23.4 Å². The summed E-state index contributed by atoms with van der Waals surface area (Å²) in [5.74, 6) is -0.384. The van der Waals surface area contributed by atoms with Crippen molar-refractivity contribution in [3.8, 4) is 0 Å². The molecule has 1 aromatic heterocycles. The van der Waals surface area contributed by atoms with Gasteiger partial charge in [0.2, 0.25) is 10.0 Å². The summed E-state index contributed by atoms with van der Waals surface area (Å²) in [6, 6.07) is -1.22. The van der Waals surface area contributed by atoms with Gasteiger partial charge in [0.15, 0.2) is 5.76 Å². The topological polar surface area (TPSA) is 113 Å². The van der Waals surface area contributed by atoms with Crippen molar-refractivity contribution in [3.05, 3.63) is 35.3 Å². The molecule has 11 heteroatoms. The zero-order valence-electron chi connectivity index (χ0n) is 15.8. The first-order valence-electron chi connectivity index (χ1n) is 9.14. The minimum atomic E-state index is -3.80. The Kier molecular flexibility index (Phi) is 4.74. The van der Waals surface area contributed by atoms with E-state index in [1.807, 2.05) is 0 Å². The number of amides is 3. The molecule has 154 valence electrons. The summed E-state index contributed by atoms with van der Waals surface area (Å²) < 4.78 is 45.7. The zero-order valence-corrected chi connectivity index (χ0v) is 16.6. The van der Waals surface area contributed by atoms with Crippen LogP contribution in [0, 0.1) is 13.8 Å². The standard InChI is InChI=1S/C18H19FN4O5S/c1-10-16(11(2)28-21-10)29(26,27)22-7-5-13(6-8-22)23-17(24)14-9-12(19)3-4-15(14)20-18(23)25/h3-4,9,12-13H,5-8H2,1-2H3. The van der Waals surface area contributed by atoms with Crippen LogP contribution in [0.15, 0.2) is 38.2 Å². The van der Waals surface area contributed by atoms with E-state index < -0.39 is 34.2 Å². The summed E-state index contributed by atoms with van der Waals surface area (Å²) in [6.07, 6.45) is 2.78.